The van der Waals surface area contributed by atoms with Crippen LogP contribution in [0.15, 0.2) is 16.8 Å². The molecule has 1 unspecified atom stereocenters. The molecule has 1 N–H and O–H groups in total. The second-order valence-corrected chi connectivity index (χ2v) is 4.24. The van der Waals surface area contributed by atoms with Crippen LogP contribution in [0.5, 0.6) is 0 Å². The van der Waals surface area contributed by atoms with E-state index in [9.17, 15) is 0 Å². The first-order chi connectivity index (χ1) is 6.27. The Labute approximate surface area is 85.2 Å². The van der Waals surface area contributed by atoms with E-state index in [-0.39, 0.29) is 0 Å². The molecule has 1 aromatic heterocycles. The van der Waals surface area contributed by atoms with Gasteiger partial charge in [0.15, 0.2) is 0 Å². The number of hydrogen-bond donors (Lipinski definition) is 1. The SMILES string of the molecule is CCC(CC)NC(C)c1ccsc1. The lowest BCUT2D eigenvalue weighted by Gasteiger charge is -2.20. The Morgan fingerprint density at radius 1 is 1.38 bits per heavy atom. The molecular weight excluding hydrogens is 178 g/mol. The second kappa shape index (κ2) is 5.40. The molecule has 2 heteroatoms. The van der Waals surface area contributed by atoms with Crippen LogP contribution in [0, 0.1) is 0 Å². The largest absolute Gasteiger partial charge is 0.307 e. The summed E-state index contributed by atoms with van der Waals surface area (Å²) in [6.45, 7) is 6.71. The van der Waals surface area contributed by atoms with Crippen LogP contribution in [0.1, 0.15) is 45.2 Å². The fourth-order valence-corrected chi connectivity index (χ4v) is 2.25. The maximum absolute atomic E-state index is 3.63. The molecule has 0 aliphatic carbocycles. The van der Waals surface area contributed by atoms with Gasteiger partial charge in [-0.1, -0.05) is 13.8 Å². The topological polar surface area (TPSA) is 12.0 Å². The van der Waals surface area contributed by atoms with E-state index < -0.39 is 0 Å². The van der Waals surface area contributed by atoms with Crippen molar-refractivity contribution >= 4 is 11.3 Å². The van der Waals surface area contributed by atoms with Gasteiger partial charge in [-0.15, -0.1) is 0 Å². The van der Waals surface area contributed by atoms with Gasteiger partial charge in [0, 0.05) is 12.1 Å². The normalized spacial score (nSPS) is 13.5. The van der Waals surface area contributed by atoms with E-state index in [1.807, 2.05) is 0 Å². The summed E-state index contributed by atoms with van der Waals surface area (Å²) in [7, 11) is 0. The van der Waals surface area contributed by atoms with Crippen LogP contribution in [0.4, 0.5) is 0 Å². The van der Waals surface area contributed by atoms with Crippen LogP contribution >= 0.6 is 11.3 Å². The summed E-state index contributed by atoms with van der Waals surface area (Å²) in [5.74, 6) is 0. The van der Waals surface area contributed by atoms with E-state index in [1.54, 1.807) is 11.3 Å². The monoisotopic (exact) mass is 197 g/mol. The summed E-state index contributed by atoms with van der Waals surface area (Å²) in [6.07, 6.45) is 2.43. The third-order valence-electron chi connectivity index (χ3n) is 2.51. The fourth-order valence-electron chi connectivity index (χ4n) is 1.50. The molecule has 74 valence electrons. The highest BCUT2D eigenvalue weighted by Crippen LogP contribution is 2.17. The fraction of sp³-hybridized carbons (Fsp3) is 0.636. The predicted octanol–water partition coefficient (Wildman–Crippen LogP) is 3.59. The van der Waals surface area contributed by atoms with Crippen LogP contribution in [0.2, 0.25) is 0 Å². The number of rotatable bonds is 5. The molecule has 1 atom stereocenters. The smallest absolute Gasteiger partial charge is 0.0302 e. The van der Waals surface area contributed by atoms with Gasteiger partial charge in [-0.25, -0.2) is 0 Å². The van der Waals surface area contributed by atoms with Gasteiger partial charge in [-0.3, -0.25) is 0 Å². The van der Waals surface area contributed by atoms with E-state index in [0.717, 1.165) is 0 Å². The maximum atomic E-state index is 3.63. The zero-order valence-electron chi connectivity index (χ0n) is 8.71. The number of nitrogens with one attached hydrogen (secondary N) is 1. The van der Waals surface area contributed by atoms with Crippen molar-refractivity contribution in [2.24, 2.45) is 0 Å². The molecule has 0 saturated heterocycles. The Hall–Kier alpha value is -0.340. The van der Waals surface area contributed by atoms with Crippen LogP contribution in [-0.4, -0.2) is 6.04 Å². The Morgan fingerprint density at radius 2 is 2.08 bits per heavy atom. The average Bonchev–Trinajstić information content (AvgIpc) is 2.66. The van der Waals surface area contributed by atoms with Gasteiger partial charge in [-0.05, 0) is 42.2 Å². The molecule has 0 radical (unpaired) electrons. The Morgan fingerprint density at radius 3 is 2.54 bits per heavy atom. The zero-order chi connectivity index (χ0) is 9.68. The van der Waals surface area contributed by atoms with E-state index in [0.29, 0.717) is 12.1 Å². The summed E-state index contributed by atoms with van der Waals surface area (Å²) >= 11 is 1.77. The first-order valence-electron chi connectivity index (χ1n) is 5.06. The molecule has 1 nitrogen and oxygen atoms in total. The Bertz CT molecular complexity index is 214. The van der Waals surface area contributed by atoms with E-state index in [2.05, 4.69) is 42.9 Å². The number of hydrogen-bond acceptors (Lipinski definition) is 2. The quantitative estimate of drug-likeness (QED) is 0.760. The van der Waals surface area contributed by atoms with Crippen molar-refractivity contribution in [1.29, 1.82) is 0 Å². The molecular formula is C11H19NS. The lowest BCUT2D eigenvalue weighted by molar-refractivity contribution is 0.433. The molecule has 1 rings (SSSR count). The van der Waals surface area contributed by atoms with Crippen molar-refractivity contribution in [3.63, 3.8) is 0 Å². The summed E-state index contributed by atoms with van der Waals surface area (Å²) in [5.41, 5.74) is 1.41. The summed E-state index contributed by atoms with van der Waals surface area (Å²) in [6, 6.07) is 3.36. The van der Waals surface area contributed by atoms with Crippen LogP contribution in [0.25, 0.3) is 0 Å². The molecule has 0 spiro atoms. The highest BCUT2D eigenvalue weighted by atomic mass is 32.1. The summed E-state index contributed by atoms with van der Waals surface area (Å²) < 4.78 is 0. The van der Waals surface area contributed by atoms with E-state index >= 15 is 0 Å². The van der Waals surface area contributed by atoms with Crippen LogP contribution < -0.4 is 5.32 Å². The van der Waals surface area contributed by atoms with Gasteiger partial charge in [0.05, 0.1) is 0 Å². The molecule has 0 aromatic carbocycles. The van der Waals surface area contributed by atoms with Crippen LogP contribution in [0.3, 0.4) is 0 Å². The van der Waals surface area contributed by atoms with Crippen molar-refractivity contribution in [2.75, 3.05) is 0 Å². The average molecular weight is 197 g/mol. The standard InChI is InChI=1S/C11H19NS/c1-4-11(5-2)12-9(3)10-6-7-13-8-10/h6-9,11-12H,4-5H2,1-3H3. The highest BCUT2D eigenvalue weighted by molar-refractivity contribution is 7.07. The predicted molar refractivity (Wildman–Crippen MR) is 60.2 cm³/mol. The van der Waals surface area contributed by atoms with Crippen molar-refractivity contribution in [3.8, 4) is 0 Å². The highest BCUT2D eigenvalue weighted by Gasteiger charge is 2.09. The van der Waals surface area contributed by atoms with Gasteiger partial charge in [0.25, 0.3) is 0 Å². The van der Waals surface area contributed by atoms with Crippen molar-refractivity contribution in [3.05, 3.63) is 22.4 Å². The van der Waals surface area contributed by atoms with Crippen molar-refractivity contribution in [2.45, 2.75) is 45.7 Å². The molecule has 0 saturated carbocycles. The van der Waals surface area contributed by atoms with Gasteiger partial charge in [-0.2, -0.15) is 11.3 Å². The minimum atomic E-state index is 0.496. The minimum Gasteiger partial charge on any atom is -0.307 e. The minimum absolute atomic E-state index is 0.496. The van der Waals surface area contributed by atoms with E-state index in [1.165, 1.54) is 18.4 Å². The molecule has 1 aromatic rings. The van der Waals surface area contributed by atoms with Gasteiger partial charge in [0.1, 0.15) is 0 Å². The Balaban J connectivity index is 2.45. The maximum Gasteiger partial charge on any atom is 0.0302 e. The molecule has 0 bridgehead atoms. The summed E-state index contributed by atoms with van der Waals surface area (Å²) in [4.78, 5) is 0. The zero-order valence-corrected chi connectivity index (χ0v) is 9.53. The van der Waals surface area contributed by atoms with E-state index in [4.69, 9.17) is 0 Å². The van der Waals surface area contributed by atoms with Gasteiger partial charge >= 0.3 is 0 Å². The lowest BCUT2D eigenvalue weighted by Crippen LogP contribution is -2.30. The summed E-state index contributed by atoms with van der Waals surface area (Å²) in [5, 5.41) is 7.99. The lowest BCUT2D eigenvalue weighted by atomic mass is 10.1. The molecule has 1 heterocycles. The molecule has 0 aliphatic rings. The number of thiophene rings is 1. The Kier molecular flexibility index (Phi) is 4.46. The molecule has 0 aliphatic heterocycles. The third kappa shape index (κ3) is 3.12. The van der Waals surface area contributed by atoms with Gasteiger partial charge in [0.2, 0.25) is 0 Å². The molecule has 0 fully saturated rings. The first-order valence-corrected chi connectivity index (χ1v) is 6.00. The second-order valence-electron chi connectivity index (χ2n) is 3.46. The van der Waals surface area contributed by atoms with Crippen LogP contribution in [-0.2, 0) is 0 Å². The molecule has 0 amide bonds. The van der Waals surface area contributed by atoms with Crippen molar-refractivity contribution in [1.82, 2.24) is 5.32 Å². The molecule has 13 heavy (non-hydrogen) atoms. The third-order valence-corrected chi connectivity index (χ3v) is 3.22. The van der Waals surface area contributed by atoms with Gasteiger partial charge < -0.3 is 5.32 Å². The van der Waals surface area contributed by atoms with Crippen molar-refractivity contribution < 1.29 is 0 Å². The first kappa shape index (κ1) is 10.7.